The molecule has 2 fully saturated rings. The molecule has 2 heterocycles. The van der Waals surface area contributed by atoms with Crippen LogP contribution in [0.1, 0.15) is 19.8 Å². The van der Waals surface area contributed by atoms with Crippen molar-refractivity contribution in [2.75, 3.05) is 45.9 Å². The number of hydrogen-bond acceptors (Lipinski definition) is 4. The van der Waals surface area contributed by atoms with Gasteiger partial charge < -0.3 is 24.5 Å². The van der Waals surface area contributed by atoms with Crippen LogP contribution in [0.15, 0.2) is 30.3 Å². The summed E-state index contributed by atoms with van der Waals surface area (Å²) < 4.78 is 5.61. The molecule has 1 N–H and O–H groups in total. The maximum Gasteiger partial charge on any atom is 0.320 e. The molecule has 2 aliphatic rings. The summed E-state index contributed by atoms with van der Waals surface area (Å²) in [5.74, 6) is 0.785. The Labute approximate surface area is 150 Å². The number of aliphatic hydroxyl groups is 1. The standard InChI is InChI=1S/C19H29N3O3/c1-2-21-12-13-22(19(21)24)16-8-10-20(11-9-16)14-17(23)15-25-18-6-4-3-5-7-18/h3-7,16-17,23H,2,8-15H2,1H3/t17-/m0/s1. The number of aliphatic hydroxyl groups excluding tert-OH is 1. The molecule has 0 saturated carbocycles. The molecule has 1 aromatic carbocycles. The molecule has 138 valence electrons. The molecule has 0 bridgehead atoms. The number of para-hydroxylation sites is 1. The van der Waals surface area contributed by atoms with Gasteiger partial charge >= 0.3 is 6.03 Å². The maximum absolute atomic E-state index is 12.3. The number of benzene rings is 1. The van der Waals surface area contributed by atoms with Crippen molar-refractivity contribution >= 4 is 6.03 Å². The van der Waals surface area contributed by atoms with Crippen LogP contribution in [0.2, 0.25) is 0 Å². The summed E-state index contributed by atoms with van der Waals surface area (Å²) in [7, 11) is 0. The minimum Gasteiger partial charge on any atom is -0.491 e. The Kier molecular flexibility index (Phi) is 6.15. The van der Waals surface area contributed by atoms with E-state index < -0.39 is 6.10 Å². The van der Waals surface area contributed by atoms with Crippen LogP contribution in [0.4, 0.5) is 4.79 Å². The Morgan fingerprint density at radius 3 is 2.52 bits per heavy atom. The molecule has 2 aliphatic heterocycles. The van der Waals surface area contributed by atoms with Gasteiger partial charge in [0.2, 0.25) is 0 Å². The highest BCUT2D eigenvalue weighted by atomic mass is 16.5. The van der Waals surface area contributed by atoms with E-state index in [2.05, 4.69) is 4.90 Å². The van der Waals surface area contributed by atoms with E-state index in [0.717, 1.165) is 51.3 Å². The number of urea groups is 1. The molecule has 0 aromatic heterocycles. The number of rotatable bonds is 7. The highest BCUT2D eigenvalue weighted by Crippen LogP contribution is 2.21. The number of hydrogen-bond donors (Lipinski definition) is 1. The Balaban J connectivity index is 1.38. The Hall–Kier alpha value is -1.79. The lowest BCUT2D eigenvalue weighted by molar-refractivity contribution is 0.0505. The Bertz CT molecular complexity index is 546. The number of ether oxygens (including phenoxy) is 1. The number of likely N-dealkylation sites (tertiary alicyclic amines) is 1. The first-order valence-electron chi connectivity index (χ1n) is 9.31. The second-order valence-corrected chi connectivity index (χ2v) is 6.87. The predicted octanol–water partition coefficient (Wildman–Crippen LogP) is 1.65. The van der Waals surface area contributed by atoms with Crippen LogP contribution in [0.3, 0.4) is 0 Å². The lowest BCUT2D eigenvalue weighted by atomic mass is 10.0. The third kappa shape index (κ3) is 4.64. The smallest absolute Gasteiger partial charge is 0.320 e. The number of β-amino-alcohol motifs (C(OH)–C–C–N with tert-alkyl or cyclic N) is 1. The summed E-state index contributed by atoms with van der Waals surface area (Å²) in [5, 5.41) is 10.2. The second-order valence-electron chi connectivity index (χ2n) is 6.87. The summed E-state index contributed by atoms with van der Waals surface area (Å²) in [6.07, 6.45) is 1.46. The SMILES string of the molecule is CCN1CCN(C2CCN(C[C@H](O)COc3ccccc3)CC2)C1=O. The molecule has 1 aromatic rings. The van der Waals surface area contributed by atoms with E-state index in [1.54, 1.807) is 0 Å². The molecule has 0 radical (unpaired) electrons. The van der Waals surface area contributed by atoms with Gasteiger partial charge in [0.1, 0.15) is 18.5 Å². The zero-order valence-corrected chi connectivity index (χ0v) is 15.0. The summed E-state index contributed by atoms with van der Waals surface area (Å²) in [4.78, 5) is 18.5. The molecule has 6 nitrogen and oxygen atoms in total. The highest BCUT2D eigenvalue weighted by Gasteiger charge is 2.34. The van der Waals surface area contributed by atoms with Crippen LogP contribution in [0, 0.1) is 0 Å². The molecule has 1 atom stereocenters. The molecular weight excluding hydrogens is 318 g/mol. The minimum absolute atomic E-state index is 0.192. The van der Waals surface area contributed by atoms with Crippen molar-refractivity contribution in [2.24, 2.45) is 0 Å². The summed E-state index contributed by atoms with van der Waals surface area (Å²) in [5.41, 5.74) is 0. The van der Waals surface area contributed by atoms with E-state index >= 15 is 0 Å². The molecule has 25 heavy (non-hydrogen) atoms. The summed E-state index contributed by atoms with van der Waals surface area (Å²) in [6.45, 7) is 7.29. The van der Waals surface area contributed by atoms with E-state index in [1.165, 1.54) is 0 Å². The van der Waals surface area contributed by atoms with Crippen LogP contribution in [-0.4, -0.2) is 83.9 Å². The lowest BCUT2D eigenvalue weighted by Gasteiger charge is -2.37. The van der Waals surface area contributed by atoms with Crippen molar-refractivity contribution < 1.29 is 14.6 Å². The van der Waals surface area contributed by atoms with Crippen LogP contribution in [0.25, 0.3) is 0 Å². The van der Waals surface area contributed by atoms with Gasteiger partial charge in [0, 0.05) is 45.3 Å². The van der Waals surface area contributed by atoms with Crippen molar-refractivity contribution in [3.8, 4) is 5.75 Å². The van der Waals surface area contributed by atoms with Crippen LogP contribution >= 0.6 is 0 Å². The Morgan fingerprint density at radius 2 is 1.88 bits per heavy atom. The van der Waals surface area contributed by atoms with E-state index in [4.69, 9.17) is 4.74 Å². The van der Waals surface area contributed by atoms with Gasteiger partial charge in [-0.15, -0.1) is 0 Å². The van der Waals surface area contributed by atoms with Gasteiger partial charge in [-0.25, -0.2) is 4.79 Å². The fourth-order valence-electron chi connectivity index (χ4n) is 3.71. The molecule has 3 rings (SSSR count). The van der Waals surface area contributed by atoms with Gasteiger partial charge in [0.05, 0.1) is 0 Å². The van der Waals surface area contributed by atoms with Crippen molar-refractivity contribution in [2.45, 2.75) is 31.9 Å². The van der Waals surface area contributed by atoms with Crippen molar-refractivity contribution in [3.63, 3.8) is 0 Å². The molecule has 2 amide bonds. The Morgan fingerprint density at radius 1 is 1.16 bits per heavy atom. The van der Waals surface area contributed by atoms with E-state index in [-0.39, 0.29) is 6.03 Å². The zero-order valence-electron chi connectivity index (χ0n) is 15.0. The van der Waals surface area contributed by atoms with Crippen LogP contribution in [0.5, 0.6) is 5.75 Å². The quantitative estimate of drug-likeness (QED) is 0.815. The third-order valence-corrected chi connectivity index (χ3v) is 5.16. The highest BCUT2D eigenvalue weighted by molar-refractivity contribution is 5.76. The van der Waals surface area contributed by atoms with Crippen LogP contribution < -0.4 is 4.74 Å². The zero-order chi connectivity index (χ0) is 17.6. The second kappa shape index (κ2) is 8.54. The minimum atomic E-state index is -0.499. The average Bonchev–Trinajstić information content (AvgIpc) is 3.02. The summed E-state index contributed by atoms with van der Waals surface area (Å²) in [6, 6.07) is 10.1. The van der Waals surface area contributed by atoms with Crippen molar-refractivity contribution in [1.82, 2.24) is 14.7 Å². The lowest BCUT2D eigenvalue weighted by Crippen LogP contribution is -2.48. The molecule has 2 saturated heterocycles. The van der Waals surface area contributed by atoms with E-state index in [0.29, 0.717) is 19.2 Å². The molecule has 0 unspecified atom stereocenters. The first-order valence-corrected chi connectivity index (χ1v) is 9.31. The number of carbonyl (C=O) groups is 1. The predicted molar refractivity (Wildman–Crippen MR) is 96.8 cm³/mol. The number of amides is 2. The van der Waals surface area contributed by atoms with Crippen molar-refractivity contribution in [3.05, 3.63) is 30.3 Å². The first-order chi connectivity index (χ1) is 12.2. The molecular formula is C19H29N3O3. The van der Waals surface area contributed by atoms with Gasteiger partial charge in [0.25, 0.3) is 0 Å². The topological polar surface area (TPSA) is 56.3 Å². The number of carbonyl (C=O) groups excluding carboxylic acids is 1. The number of likely N-dealkylation sites (N-methyl/N-ethyl adjacent to an activating group) is 1. The van der Waals surface area contributed by atoms with Gasteiger partial charge in [0.15, 0.2) is 0 Å². The largest absolute Gasteiger partial charge is 0.491 e. The molecule has 0 aliphatic carbocycles. The number of piperidine rings is 1. The first kappa shape index (κ1) is 18.0. The molecule has 0 spiro atoms. The van der Waals surface area contributed by atoms with Crippen molar-refractivity contribution in [1.29, 1.82) is 0 Å². The average molecular weight is 347 g/mol. The fourth-order valence-corrected chi connectivity index (χ4v) is 3.71. The monoisotopic (exact) mass is 347 g/mol. The molecule has 6 heteroatoms. The van der Waals surface area contributed by atoms with Gasteiger partial charge in [-0.1, -0.05) is 18.2 Å². The summed E-state index contributed by atoms with van der Waals surface area (Å²) >= 11 is 0. The van der Waals surface area contributed by atoms with Gasteiger partial charge in [-0.2, -0.15) is 0 Å². The third-order valence-electron chi connectivity index (χ3n) is 5.16. The fraction of sp³-hybridized carbons (Fsp3) is 0.632. The van der Waals surface area contributed by atoms with E-state index in [9.17, 15) is 9.90 Å². The normalized spacial score (nSPS) is 21.0. The van der Waals surface area contributed by atoms with Gasteiger partial charge in [-0.05, 0) is 31.9 Å². The van der Waals surface area contributed by atoms with E-state index in [1.807, 2.05) is 47.1 Å². The number of nitrogens with zero attached hydrogens (tertiary/aromatic N) is 3. The maximum atomic E-state index is 12.3. The van der Waals surface area contributed by atoms with Crippen LogP contribution in [-0.2, 0) is 0 Å². The van der Waals surface area contributed by atoms with Gasteiger partial charge in [-0.3, -0.25) is 0 Å².